The van der Waals surface area contributed by atoms with Gasteiger partial charge >= 0.3 is 11.9 Å². The van der Waals surface area contributed by atoms with E-state index in [1.54, 1.807) is 25.1 Å². The van der Waals surface area contributed by atoms with Gasteiger partial charge < -0.3 is 19.5 Å². The third-order valence-electron chi connectivity index (χ3n) is 5.57. The number of benzene rings is 2. The molecule has 1 N–H and O–H groups in total. The van der Waals surface area contributed by atoms with E-state index in [0.29, 0.717) is 48.4 Å². The Kier molecular flexibility index (Phi) is 6.45. The van der Waals surface area contributed by atoms with Crippen molar-refractivity contribution in [2.24, 2.45) is 0 Å². The highest BCUT2D eigenvalue weighted by molar-refractivity contribution is 9.11. The molecule has 2 aromatic carbocycles. The first-order chi connectivity index (χ1) is 15.8. The highest BCUT2D eigenvalue weighted by Crippen LogP contribution is 2.48. The molecule has 1 heterocycles. The highest BCUT2D eigenvalue weighted by Gasteiger charge is 2.43. The molecule has 33 heavy (non-hydrogen) atoms. The summed E-state index contributed by atoms with van der Waals surface area (Å²) in [6.45, 7) is 1.52. The Bertz CT molecular complexity index is 1240. The minimum atomic E-state index is -0.671. The van der Waals surface area contributed by atoms with E-state index in [9.17, 15) is 14.4 Å². The molecule has 1 aliphatic heterocycles. The number of hydrogen-bond donors (Lipinski definition) is 1. The van der Waals surface area contributed by atoms with E-state index in [1.165, 1.54) is 14.2 Å². The maximum absolute atomic E-state index is 13.5. The van der Waals surface area contributed by atoms with Crippen molar-refractivity contribution in [1.29, 1.82) is 0 Å². The Morgan fingerprint density at radius 3 is 2.27 bits per heavy atom. The summed E-state index contributed by atoms with van der Waals surface area (Å²) in [5.41, 5.74) is 4.16. The Morgan fingerprint density at radius 1 is 1.03 bits per heavy atom. The predicted molar refractivity (Wildman–Crippen MR) is 128 cm³/mol. The zero-order valence-electron chi connectivity index (χ0n) is 18.0. The molecule has 7 nitrogen and oxygen atoms in total. The van der Waals surface area contributed by atoms with Crippen LogP contribution in [0.5, 0.6) is 5.75 Å². The van der Waals surface area contributed by atoms with Gasteiger partial charge in [0.1, 0.15) is 5.75 Å². The van der Waals surface area contributed by atoms with Gasteiger partial charge in [-0.05, 0) is 56.5 Å². The van der Waals surface area contributed by atoms with Gasteiger partial charge in [0.15, 0.2) is 12.4 Å². The molecule has 2 aliphatic rings. The highest BCUT2D eigenvalue weighted by atomic mass is 79.9. The molecule has 170 valence electrons. The Labute approximate surface area is 207 Å². The average Bonchev–Trinajstić information content (AvgIpc) is 3.08. The van der Waals surface area contributed by atoms with Gasteiger partial charge in [0, 0.05) is 28.3 Å². The van der Waals surface area contributed by atoms with Crippen LogP contribution in [0.2, 0.25) is 0 Å². The summed E-state index contributed by atoms with van der Waals surface area (Å²) in [6.07, 6.45) is 0. The van der Waals surface area contributed by atoms with Crippen LogP contribution in [0.25, 0.3) is 5.70 Å². The van der Waals surface area contributed by atoms with E-state index in [0.717, 1.165) is 5.56 Å². The monoisotopic (exact) mass is 575 g/mol. The van der Waals surface area contributed by atoms with Crippen molar-refractivity contribution in [1.82, 2.24) is 5.32 Å². The lowest BCUT2D eigenvalue weighted by Crippen LogP contribution is -2.29. The first kappa shape index (κ1) is 23.3. The number of halogens is 2. The van der Waals surface area contributed by atoms with Crippen LogP contribution < -0.4 is 10.1 Å². The molecular formula is C24H19Br2NO6. The minimum absolute atomic E-state index is 0.148. The molecule has 0 amide bonds. The van der Waals surface area contributed by atoms with Crippen LogP contribution in [0.1, 0.15) is 34.3 Å². The van der Waals surface area contributed by atoms with Gasteiger partial charge in [-0.3, -0.25) is 4.79 Å². The molecule has 2 aromatic rings. The number of methoxy groups -OCH3 is 2. The Balaban J connectivity index is 1.86. The van der Waals surface area contributed by atoms with Crippen LogP contribution in [-0.4, -0.2) is 38.5 Å². The quantitative estimate of drug-likeness (QED) is 0.524. The summed E-state index contributed by atoms with van der Waals surface area (Å²) in [5, 5.41) is 3.25. The van der Waals surface area contributed by atoms with Gasteiger partial charge in [0.2, 0.25) is 0 Å². The molecule has 9 heteroatoms. The summed E-state index contributed by atoms with van der Waals surface area (Å²) in [5.74, 6) is -1.47. The second kappa shape index (κ2) is 9.15. The number of fused-ring (bicyclic) bond motifs is 2. The number of carbonyl (C=O) groups is 3. The van der Waals surface area contributed by atoms with E-state index >= 15 is 0 Å². The first-order valence-corrected chi connectivity index (χ1v) is 11.5. The average molecular weight is 577 g/mol. The van der Waals surface area contributed by atoms with Gasteiger partial charge in [0.25, 0.3) is 0 Å². The van der Waals surface area contributed by atoms with Gasteiger partial charge in [0.05, 0.1) is 34.4 Å². The van der Waals surface area contributed by atoms with Gasteiger partial charge in [-0.15, -0.1) is 0 Å². The summed E-state index contributed by atoms with van der Waals surface area (Å²) < 4.78 is 16.3. The summed E-state index contributed by atoms with van der Waals surface area (Å²) in [6, 6.07) is 10.9. The maximum atomic E-state index is 13.5. The number of carbonyl (C=O) groups excluding carboxylic acids is 3. The number of Topliss-reactive ketones (excluding diaryl/α,β-unsaturated/α-hetero) is 1. The predicted octanol–water partition coefficient (Wildman–Crippen LogP) is 4.50. The summed E-state index contributed by atoms with van der Waals surface area (Å²) in [4.78, 5) is 37.8. The second-order valence-electron chi connectivity index (χ2n) is 7.43. The molecule has 0 fully saturated rings. The molecule has 1 atom stereocenters. The van der Waals surface area contributed by atoms with Crippen LogP contribution in [-0.2, 0) is 19.1 Å². The fourth-order valence-electron chi connectivity index (χ4n) is 4.12. The molecule has 0 saturated carbocycles. The molecule has 0 radical (unpaired) electrons. The lowest BCUT2D eigenvalue weighted by atomic mass is 9.80. The SMILES string of the molecule is COC(=O)COc1c(Br)cc([C@H]2C(C(=O)OC)=C(C)NC3=C2C(=O)c2ccccc23)cc1Br. The van der Waals surface area contributed by atoms with Crippen molar-refractivity contribution in [2.45, 2.75) is 12.8 Å². The smallest absolute Gasteiger partial charge is 0.343 e. The largest absolute Gasteiger partial charge is 0.480 e. The van der Waals surface area contributed by atoms with Gasteiger partial charge in [-0.1, -0.05) is 24.3 Å². The van der Waals surface area contributed by atoms with Crippen LogP contribution in [0.4, 0.5) is 0 Å². The van der Waals surface area contributed by atoms with E-state index in [1.807, 2.05) is 18.2 Å². The number of rotatable bonds is 5. The van der Waals surface area contributed by atoms with Crippen molar-refractivity contribution in [2.75, 3.05) is 20.8 Å². The lowest BCUT2D eigenvalue weighted by Gasteiger charge is -2.29. The van der Waals surface area contributed by atoms with E-state index in [-0.39, 0.29) is 12.4 Å². The van der Waals surface area contributed by atoms with E-state index in [4.69, 9.17) is 9.47 Å². The molecule has 0 saturated heterocycles. The maximum Gasteiger partial charge on any atom is 0.343 e. The molecule has 4 rings (SSSR count). The van der Waals surface area contributed by atoms with Crippen LogP contribution in [0.15, 0.2) is 62.2 Å². The Morgan fingerprint density at radius 2 is 1.67 bits per heavy atom. The summed E-state index contributed by atoms with van der Waals surface area (Å²) >= 11 is 6.97. The topological polar surface area (TPSA) is 90.9 Å². The van der Waals surface area contributed by atoms with E-state index < -0.39 is 17.9 Å². The first-order valence-electron chi connectivity index (χ1n) is 9.91. The van der Waals surface area contributed by atoms with Crippen molar-refractivity contribution < 1.29 is 28.6 Å². The van der Waals surface area contributed by atoms with Crippen LogP contribution in [0, 0.1) is 0 Å². The van der Waals surface area contributed by atoms with Crippen molar-refractivity contribution in [3.63, 3.8) is 0 Å². The molecule has 0 spiro atoms. The number of nitrogens with one attached hydrogen (secondary N) is 1. The van der Waals surface area contributed by atoms with Crippen molar-refractivity contribution in [3.05, 3.63) is 78.9 Å². The second-order valence-corrected chi connectivity index (χ2v) is 9.14. The fraction of sp³-hybridized carbons (Fsp3) is 0.208. The zero-order chi connectivity index (χ0) is 23.9. The van der Waals surface area contributed by atoms with E-state index in [2.05, 4.69) is 41.9 Å². The molecule has 1 aliphatic carbocycles. The fourth-order valence-corrected chi connectivity index (χ4v) is 5.57. The molecule has 0 bridgehead atoms. The normalized spacial score (nSPS) is 16.8. The van der Waals surface area contributed by atoms with Crippen LogP contribution >= 0.6 is 31.9 Å². The summed E-state index contributed by atoms with van der Waals surface area (Å²) in [7, 11) is 2.59. The number of hydrogen-bond acceptors (Lipinski definition) is 7. The van der Waals surface area contributed by atoms with Crippen LogP contribution in [0.3, 0.4) is 0 Å². The van der Waals surface area contributed by atoms with Crippen molar-refractivity contribution >= 4 is 55.3 Å². The standard InChI is InChI=1S/C24H19Br2NO6/c1-11-18(24(30)32-3)19(20-21(27-11)13-6-4-5-7-14(13)22(20)29)12-8-15(25)23(16(26)9-12)33-10-17(28)31-2/h4-9,19,27H,10H2,1-3H3/t19-/m0/s1. The third kappa shape index (κ3) is 4.00. The van der Waals surface area contributed by atoms with Gasteiger partial charge in [-0.25, -0.2) is 9.59 Å². The number of allylic oxidation sites excluding steroid dienone is 2. The molecule has 0 unspecified atom stereocenters. The van der Waals surface area contributed by atoms with Crippen molar-refractivity contribution in [3.8, 4) is 5.75 Å². The number of ketones is 1. The number of ether oxygens (including phenoxy) is 3. The third-order valence-corrected chi connectivity index (χ3v) is 6.75. The molecular weight excluding hydrogens is 558 g/mol. The lowest BCUT2D eigenvalue weighted by molar-refractivity contribution is -0.143. The minimum Gasteiger partial charge on any atom is -0.480 e. The number of esters is 2. The molecule has 0 aromatic heterocycles. The zero-order valence-corrected chi connectivity index (χ0v) is 21.1. The number of dihydropyridines is 1. The van der Waals surface area contributed by atoms with Gasteiger partial charge in [-0.2, -0.15) is 0 Å². The Hall–Kier alpha value is -2.91.